The fourth-order valence-corrected chi connectivity index (χ4v) is 6.44. The Morgan fingerprint density at radius 2 is 1.81 bits per heavy atom. The number of allylic oxidation sites excluding steroid dienone is 3. The van der Waals surface area contributed by atoms with Crippen molar-refractivity contribution < 1.29 is 14.5 Å². The van der Waals surface area contributed by atoms with Gasteiger partial charge in [-0.2, -0.15) is 5.26 Å². The minimum absolute atomic E-state index is 0.0843. The second kappa shape index (κ2) is 11.4. The lowest BCUT2D eigenvalue weighted by Crippen LogP contribution is -2.42. The number of benzene rings is 3. The fraction of sp³-hybridized carbons (Fsp3) is 0.273. The zero-order valence-corrected chi connectivity index (χ0v) is 25.7. The van der Waals surface area contributed by atoms with Crippen molar-refractivity contribution >= 4 is 40.4 Å². The van der Waals surface area contributed by atoms with Gasteiger partial charge in [0.25, 0.3) is 5.69 Å². The molecule has 5 rings (SSSR count). The molecule has 3 aromatic carbocycles. The standard InChI is InChI=1S/C33H30Cl2N4O4/c1-18-11-19(2)22(12-20(18)17-43-29-8-6-5-7-24(29)34)30-23(16-36)32(37)38(26-10-9-21(39(41)42)13-25(26)35)27-14-33(3,4)15-28(40)31(27)30/h5-13,30H,14-15,17,37H2,1-4H3. The van der Waals surface area contributed by atoms with Gasteiger partial charge in [0.1, 0.15) is 18.2 Å². The van der Waals surface area contributed by atoms with Crippen LogP contribution >= 0.6 is 23.2 Å². The molecule has 0 spiro atoms. The third kappa shape index (κ3) is 5.58. The smallest absolute Gasteiger partial charge is 0.271 e. The number of nitriles is 1. The number of anilines is 1. The molecule has 1 aliphatic carbocycles. The maximum absolute atomic E-state index is 14.0. The molecule has 0 fully saturated rings. The third-order valence-corrected chi connectivity index (χ3v) is 8.63. The van der Waals surface area contributed by atoms with Crippen LogP contribution in [-0.4, -0.2) is 10.7 Å². The minimum Gasteiger partial charge on any atom is -0.487 e. The Morgan fingerprint density at radius 3 is 2.47 bits per heavy atom. The molecule has 43 heavy (non-hydrogen) atoms. The number of ketones is 1. The Labute approximate surface area is 260 Å². The number of rotatable bonds is 6. The summed E-state index contributed by atoms with van der Waals surface area (Å²) in [5, 5.41) is 22.5. The van der Waals surface area contributed by atoms with Gasteiger partial charge in [-0.25, -0.2) is 0 Å². The van der Waals surface area contributed by atoms with Gasteiger partial charge < -0.3 is 10.5 Å². The quantitative estimate of drug-likeness (QED) is 0.219. The van der Waals surface area contributed by atoms with Crippen LogP contribution in [0.2, 0.25) is 10.0 Å². The highest BCUT2D eigenvalue weighted by atomic mass is 35.5. The van der Waals surface area contributed by atoms with E-state index < -0.39 is 16.3 Å². The van der Waals surface area contributed by atoms with E-state index in [0.717, 1.165) is 22.3 Å². The molecule has 0 bridgehead atoms. The van der Waals surface area contributed by atoms with Gasteiger partial charge in [-0.15, -0.1) is 0 Å². The lowest BCUT2D eigenvalue weighted by atomic mass is 9.68. The summed E-state index contributed by atoms with van der Waals surface area (Å²) in [6.07, 6.45) is 0.765. The van der Waals surface area contributed by atoms with Crippen LogP contribution in [0, 0.1) is 40.7 Å². The van der Waals surface area contributed by atoms with E-state index in [0.29, 0.717) is 34.2 Å². The van der Waals surface area contributed by atoms with Crippen LogP contribution in [0.25, 0.3) is 0 Å². The van der Waals surface area contributed by atoms with Crippen LogP contribution in [0.15, 0.2) is 77.3 Å². The van der Waals surface area contributed by atoms with Crippen LogP contribution in [0.4, 0.5) is 11.4 Å². The normalized spacial score (nSPS) is 17.9. The predicted molar refractivity (Wildman–Crippen MR) is 167 cm³/mol. The zero-order chi connectivity index (χ0) is 31.2. The van der Waals surface area contributed by atoms with Gasteiger partial charge in [-0.3, -0.25) is 19.8 Å². The summed E-state index contributed by atoms with van der Waals surface area (Å²) < 4.78 is 6.05. The maximum Gasteiger partial charge on any atom is 0.271 e. The maximum atomic E-state index is 14.0. The molecule has 1 atom stereocenters. The molecule has 1 unspecified atom stereocenters. The van der Waals surface area contributed by atoms with E-state index in [-0.39, 0.29) is 40.9 Å². The molecule has 0 saturated carbocycles. The van der Waals surface area contributed by atoms with Crippen LogP contribution in [0.1, 0.15) is 54.9 Å². The number of para-hydroxylation sites is 1. The Hall–Kier alpha value is -4.32. The van der Waals surface area contributed by atoms with Gasteiger partial charge in [0.05, 0.1) is 38.2 Å². The van der Waals surface area contributed by atoms with Gasteiger partial charge in [0.2, 0.25) is 0 Å². The van der Waals surface area contributed by atoms with Crippen molar-refractivity contribution in [2.75, 3.05) is 4.90 Å². The first-order chi connectivity index (χ1) is 20.3. The number of carbonyl (C=O) groups is 1. The van der Waals surface area contributed by atoms with Crippen molar-refractivity contribution in [2.24, 2.45) is 11.1 Å². The monoisotopic (exact) mass is 616 g/mol. The van der Waals surface area contributed by atoms with Crippen molar-refractivity contribution in [1.82, 2.24) is 0 Å². The Bertz CT molecular complexity index is 1790. The Balaban J connectivity index is 1.68. The van der Waals surface area contributed by atoms with Crippen molar-refractivity contribution in [3.05, 3.63) is 120 Å². The van der Waals surface area contributed by atoms with Crippen molar-refractivity contribution in [1.29, 1.82) is 5.26 Å². The predicted octanol–water partition coefficient (Wildman–Crippen LogP) is 8.04. The summed E-state index contributed by atoms with van der Waals surface area (Å²) in [5.41, 5.74) is 11.4. The SMILES string of the molecule is Cc1cc(C)c(C2C(C#N)=C(N)N(c3ccc([N+](=O)[O-])cc3Cl)C3=C2C(=O)CC(C)(C)C3)cc1COc1ccccc1Cl. The number of nitro benzene ring substituents is 1. The summed E-state index contributed by atoms with van der Waals surface area (Å²) in [6.45, 7) is 8.16. The number of halogens is 2. The van der Waals surface area contributed by atoms with E-state index >= 15 is 0 Å². The van der Waals surface area contributed by atoms with Gasteiger partial charge in [0.15, 0.2) is 5.78 Å². The van der Waals surface area contributed by atoms with Gasteiger partial charge in [-0.1, -0.05) is 61.3 Å². The first-order valence-corrected chi connectivity index (χ1v) is 14.5. The number of non-ortho nitro benzene ring substituents is 1. The van der Waals surface area contributed by atoms with E-state index in [4.69, 9.17) is 33.7 Å². The van der Waals surface area contributed by atoms with E-state index in [1.165, 1.54) is 18.2 Å². The molecular formula is C33H30Cl2N4O4. The molecule has 3 aromatic rings. The molecule has 8 nitrogen and oxygen atoms in total. The highest BCUT2D eigenvalue weighted by Crippen LogP contribution is 2.52. The molecule has 0 saturated heterocycles. The molecule has 0 amide bonds. The van der Waals surface area contributed by atoms with Gasteiger partial charge in [-0.05, 0) is 66.1 Å². The topological polar surface area (TPSA) is 122 Å². The molecule has 10 heteroatoms. The highest BCUT2D eigenvalue weighted by molar-refractivity contribution is 6.33. The Morgan fingerprint density at radius 1 is 1.09 bits per heavy atom. The summed E-state index contributed by atoms with van der Waals surface area (Å²) in [5.74, 6) is -0.124. The second-order valence-corrected chi connectivity index (χ2v) is 12.5. The van der Waals surface area contributed by atoms with Crippen LogP contribution in [-0.2, 0) is 11.4 Å². The van der Waals surface area contributed by atoms with E-state index in [1.807, 2.05) is 52.0 Å². The molecule has 1 heterocycles. The second-order valence-electron chi connectivity index (χ2n) is 11.7. The number of aryl methyl sites for hydroxylation is 2. The molecule has 0 aromatic heterocycles. The van der Waals surface area contributed by atoms with Gasteiger partial charge in [0, 0.05) is 29.8 Å². The van der Waals surface area contributed by atoms with E-state index in [2.05, 4.69) is 6.07 Å². The van der Waals surface area contributed by atoms with Crippen molar-refractivity contribution in [3.8, 4) is 11.8 Å². The van der Waals surface area contributed by atoms with Crippen molar-refractivity contribution in [2.45, 2.75) is 53.1 Å². The molecule has 2 aliphatic rings. The molecular weight excluding hydrogens is 587 g/mol. The first kappa shape index (κ1) is 30.1. The number of nitrogens with zero attached hydrogens (tertiary/aromatic N) is 3. The number of hydrogen-bond donors (Lipinski definition) is 1. The molecule has 220 valence electrons. The van der Waals surface area contributed by atoms with Crippen LogP contribution in [0.5, 0.6) is 5.75 Å². The summed E-state index contributed by atoms with van der Waals surface area (Å²) in [6, 6.07) is 17.6. The molecule has 2 N–H and O–H groups in total. The average molecular weight is 618 g/mol. The van der Waals surface area contributed by atoms with E-state index in [9.17, 15) is 20.2 Å². The number of ether oxygens (including phenoxy) is 1. The van der Waals surface area contributed by atoms with Crippen LogP contribution in [0.3, 0.4) is 0 Å². The van der Waals surface area contributed by atoms with Crippen LogP contribution < -0.4 is 15.4 Å². The van der Waals surface area contributed by atoms with E-state index in [1.54, 1.807) is 17.0 Å². The minimum atomic E-state index is -0.712. The number of Topliss-reactive ketones (excluding diaryl/α,β-unsaturated/α-hetero) is 1. The zero-order valence-electron chi connectivity index (χ0n) is 24.2. The largest absolute Gasteiger partial charge is 0.487 e. The van der Waals surface area contributed by atoms with Gasteiger partial charge >= 0.3 is 0 Å². The summed E-state index contributed by atoms with van der Waals surface area (Å²) >= 11 is 12.9. The number of nitro groups is 1. The summed E-state index contributed by atoms with van der Waals surface area (Å²) in [4.78, 5) is 26.5. The fourth-order valence-electron chi connectivity index (χ4n) is 5.99. The summed E-state index contributed by atoms with van der Waals surface area (Å²) in [7, 11) is 0. The number of nitrogens with two attached hydrogens (primary N) is 1. The lowest BCUT2D eigenvalue weighted by Gasteiger charge is -2.44. The number of carbonyl (C=O) groups excluding carboxylic acids is 1. The molecule has 0 radical (unpaired) electrons. The highest BCUT2D eigenvalue weighted by Gasteiger charge is 2.45. The lowest BCUT2D eigenvalue weighted by molar-refractivity contribution is -0.384. The average Bonchev–Trinajstić information content (AvgIpc) is 2.93. The number of hydrogen-bond acceptors (Lipinski definition) is 7. The molecule has 1 aliphatic heterocycles. The Kier molecular flexibility index (Phi) is 7.99. The first-order valence-electron chi connectivity index (χ1n) is 13.7. The van der Waals surface area contributed by atoms with Crippen molar-refractivity contribution in [3.63, 3.8) is 0 Å². The third-order valence-electron chi connectivity index (χ3n) is 8.02.